The second kappa shape index (κ2) is 7.82. The lowest BCUT2D eigenvalue weighted by Gasteiger charge is -2.11. The van der Waals surface area contributed by atoms with E-state index in [4.69, 9.17) is 0 Å². The zero-order chi connectivity index (χ0) is 14.3. The van der Waals surface area contributed by atoms with E-state index in [2.05, 4.69) is 6.92 Å². The third kappa shape index (κ3) is 4.27. The predicted octanol–water partition coefficient (Wildman–Crippen LogP) is 4.12. The summed E-state index contributed by atoms with van der Waals surface area (Å²) < 4.78 is 0. The van der Waals surface area contributed by atoms with Crippen molar-refractivity contribution in [2.75, 3.05) is 0 Å². The summed E-state index contributed by atoms with van der Waals surface area (Å²) in [5.74, 6) is 0.0372. The van der Waals surface area contributed by atoms with E-state index < -0.39 is 0 Å². The van der Waals surface area contributed by atoms with Gasteiger partial charge in [-0.1, -0.05) is 39.0 Å². The third-order valence-electron chi connectivity index (χ3n) is 3.53. The number of aldehydes is 1. The van der Waals surface area contributed by atoms with Crippen LogP contribution in [0.3, 0.4) is 0 Å². The Morgan fingerprint density at radius 1 is 1.11 bits per heavy atom. The van der Waals surface area contributed by atoms with Crippen LogP contribution >= 0.6 is 0 Å². The molecule has 0 bridgehead atoms. The molecule has 1 aromatic carbocycles. The van der Waals surface area contributed by atoms with Gasteiger partial charge in [-0.3, -0.25) is 4.79 Å². The number of hydrogen-bond donors (Lipinski definition) is 2. The molecule has 0 saturated heterocycles. The fourth-order valence-electron chi connectivity index (χ4n) is 2.32. The van der Waals surface area contributed by atoms with Gasteiger partial charge in [0.2, 0.25) is 0 Å². The summed E-state index contributed by atoms with van der Waals surface area (Å²) in [5, 5.41) is 19.9. The van der Waals surface area contributed by atoms with E-state index in [1.807, 2.05) is 0 Å². The van der Waals surface area contributed by atoms with Crippen LogP contribution in [-0.2, 0) is 6.42 Å². The number of aromatic hydroxyl groups is 2. The van der Waals surface area contributed by atoms with Gasteiger partial charge in [0, 0.05) is 5.56 Å². The normalized spacial score (nSPS) is 10.6. The van der Waals surface area contributed by atoms with E-state index in [0.29, 0.717) is 29.4 Å². The minimum absolute atomic E-state index is 0.0546. The molecular formula is C16H24O3. The Bertz CT molecular complexity index is 424. The van der Waals surface area contributed by atoms with Gasteiger partial charge in [0.1, 0.15) is 11.5 Å². The predicted molar refractivity (Wildman–Crippen MR) is 77.0 cm³/mol. The van der Waals surface area contributed by atoms with Crippen LogP contribution in [0.5, 0.6) is 11.5 Å². The van der Waals surface area contributed by atoms with Crippen molar-refractivity contribution in [3.05, 3.63) is 22.8 Å². The highest BCUT2D eigenvalue weighted by molar-refractivity contribution is 5.83. The molecule has 0 unspecified atom stereocenters. The minimum atomic E-state index is -0.0546. The zero-order valence-electron chi connectivity index (χ0n) is 11.9. The Balaban J connectivity index is 2.61. The molecule has 0 atom stereocenters. The van der Waals surface area contributed by atoms with Crippen LogP contribution < -0.4 is 0 Å². The van der Waals surface area contributed by atoms with Crippen LogP contribution in [-0.4, -0.2) is 16.5 Å². The van der Waals surface area contributed by atoms with Gasteiger partial charge in [-0.05, 0) is 31.4 Å². The first-order valence-electron chi connectivity index (χ1n) is 7.11. The number of phenolic OH excluding ortho intramolecular Hbond substituents is 2. The average molecular weight is 264 g/mol. The Labute approximate surface area is 115 Å². The summed E-state index contributed by atoms with van der Waals surface area (Å²) >= 11 is 0. The molecule has 3 heteroatoms. The number of hydrogen-bond acceptors (Lipinski definition) is 3. The molecule has 0 heterocycles. The maximum Gasteiger partial charge on any atom is 0.154 e. The van der Waals surface area contributed by atoms with Crippen molar-refractivity contribution in [3.63, 3.8) is 0 Å². The number of aryl methyl sites for hydroxylation is 1. The average Bonchev–Trinajstić information content (AvgIpc) is 2.37. The van der Waals surface area contributed by atoms with Crippen LogP contribution in [0.2, 0.25) is 0 Å². The number of carbonyl (C=O) groups is 1. The summed E-state index contributed by atoms with van der Waals surface area (Å²) in [6, 6.07) is 1.55. The lowest BCUT2D eigenvalue weighted by atomic mass is 9.98. The number of rotatable bonds is 8. The molecule has 0 fully saturated rings. The topological polar surface area (TPSA) is 57.5 Å². The van der Waals surface area contributed by atoms with Crippen molar-refractivity contribution in [2.45, 2.75) is 58.8 Å². The molecule has 0 aliphatic heterocycles. The van der Waals surface area contributed by atoms with Gasteiger partial charge in [0.25, 0.3) is 0 Å². The molecule has 0 spiro atoms. The molecule has 0 amide bonds. The first-order chi connectivity index (χ1) is 9.11. The smallest absolute Gasteiger partial charge is 0.154 e. The lowest BCUT2D eigenvalue weighted by molar-refractivity contribution is 0.112. The highest BCUT2D eigenvalue weighted by Gasteiger charge is 2.14. The Hall–Kier alpha value is -1.51. The molecule has 0 aliphatic carbocycles. The van der Waals surface area contributed by atoms with Gasteiger partial charge in [-0.2, -0.15) is 0 Å². The van der Waals surface area contributed by atoms with E-state index in [9.17, 15) is 15.0 Å². The second-order valence-electron chi connectivity index (χ2n) is 5.09. The van der Waals surface area contributed by atoms with E-state index >= 15 is 0 Å². The molecule has 2 N–H and O–H groups in total. The van der Waals surface area contributed by atoms with Crippen LogP contribution in [0.4, 0.5) is 0 Å². The molecule has 106 valence electrons. The highest BCUT2D eigenvalue weighted by atomic mass is 16.3. The van der Waals surface area contributed by atoms with Gasteiger partial charge in [0.05, 0.1) is 5.56 Å². The van der Waals surface area contributed by atoms with Crippen LogP contribution in [0, 0.1) is 6.92 Å². The van der Waals surface area contributed by atoms with E-state index in [1.54, 1.807) is 13.0 Å². The van der Waals surface area contributed by atoms with Crippen molar-refractivity contribution < 1.29 is 15.0 Å². The standard InChI is InChI=1S/C16H24O3/c1-3-4-5-6-7-8-9-13-15(18)10-12(2)14(11-17)16(13)19/h10-11,18-19H,3-9H2,1-2H3. The third-order valence-corrected chi connectivity index (χ3v) is 3.53. The fraction of sp³-hybridized carbons (Fsp3) is 0.562. The monoisotopic (exact) mass is 264 g/mol. The van der Waals surface area contributed by atoms with Crippen molar-refractivity contribution in [3.8, 4) is 11.5 Å². The summed E-state index contributed by atoms with van der Waals surface area (Å²) in [5.41, 5.74) is 1.40. The van der Waals surface area contributed by atoms with E-state index in [1.165, 1.54) is 25.7 Å². The summed E-state index contributed by atoms with van der Waals surface area (Å²) in [4.78, 5) is 10.9. The van der Waals surface area contributed by atoms with Crippen molar-refractivity contribution in [2.24, 2.45) is 0 Å². The number of benzene rings is 1. The van der Waals surface area contributed by atoms with Crippen LogP contribution in [0.1, 0.15) is 66.9 Å². The van der Waals surface area contributed by atoms with E-state index in [0.717, 1.165) is 12.8 Å². The molecule has 0 radical (unpaired) electrons. The van der Waals surface area contributed by atoms with Gasteiger partial charge in [-0.15, -0.1) is 0 Å². The molecule has 0 aliphatic rings. The number of unbranched alkanes of at least 4 members (excludes halogenated alkanes) is 5. The van der Waals surface area contributed by atoms with Gasteiger partial charge in [-0.25, -0.2) is 0 Å². The van der Waals surface area contributed by atoms with Crippen molar-refractivity contribution in [1.82, 2.24) is 0 Å². The SMILES string of the molecule is CCCCCCCCc1c(O)cc(C)c(C=O)c1O. The minimum Gasteiger partial charge on any atom is -0.508 e. The molecular weight excluding hydrogens is 240 g/mol. The van der Waals surface area contributed by atoms with Gasteiger partial charge < -0.3 is 10.2 Å². The zero-order valence-corrected chi connectivity index (χ0v) is 11.9. The Morgan fingerprint density at radius 3 is 2.37 bits per heavy atom. The Kier molecular flexibility index (Phi) is 6.40. The molecule has 0 aromatic heterocycles. The largest absolute Gasteiger partial charge is 0.508 e. The first kappa shape index (κ1) is 15.5. The summed E-state index contributed by atoms with van der Waals surface area (Å²) in [7, 11) is 0. The lowest BCUT2D eigenvalue weighted by Crippen LogP contribution is -1.95. The van der Waals surface area contributed by atoms with Crippen LogP contribution in [0.15, 0.2) is 6.07 Å². The molecule has 1 rings (SSSR count). The Morgan fingerprint density at radius 2 is 1.74 bits per heavy atom. The number of carbonyl (C=O) groups excluding carboxylic acids is 1. The van der Waals surface area contributed by atoms with Gasteiger partial charge >= 0.3 is 0 Å². The highest BCUT2D eigenvalue weighted by Crippen LogP contribution is 2.33. The molecule has 1 aromatic rings. The second-order valence-corrected chi connectivity index (χ2v) is 5.09. The summed E-state index contributed by atoms with van der Waals surface area (Å²) in [6.07, 6.45) is 8.18. The maximum atomic E-state index is 10.9. The van der Waals surface area contributed by atoms with Crippen LogP contribution in [0.25, 0.3) is 0 Å². The molecule has 19 heavy (non-hydrogen) atoms. The molecule has 0 saturated carbocycles. The first-order valence-corrected chi connectivity index (χ1v) is 7.11. The maximum absolute atomic E-state index is 10.9. The fourth-order valence-corrected chi connectivity index (χ4v) is 2.32. The quantitative estimate of drug-likeness (QED) is 0.548. The van der Waals surface area contributed by atoms with Crippen molar-refractivity contribution >= 4 is 6.29 Å². The van der Waals surface area contributed by atoms with Crippen molar-refractivity contribution in [1.29, 1.82) is 0 Å². The van der Waals surface area contributed by atoms with E-state index in [-0.39, 0.29) is 11.5 Å². The number of phenols is 2. The van der Waals surface area contributed by atoms with Gasteiger partial charge in [0.15, 0.2) is 6.29 Å². The molecule has 3 nitrogen and oxygen atoms in total. The summed E-state index contributed by atoms with van der Waals surface area (Å²) in [6.45, 7) is 3.89.